The van der Waals surface area contributed by atoms with E-state index in [1.807, 2.05) is 49.5 Å². The summed E-state index contributed by atoms with van der Waals surface area (Å²) < 4.78 is 28.2. The van der Waals surface area contributed by atoms with E-state index < -0.39 is 10.0 Å². The van der Waals surface area contributed by atoms with E-state index in [9.17, 15) is 8.42 Å². The Morgan fingerprint density at radius 2 is 1.58 bits per heavy atom. The van der Waals surface area contributed by atoms with E-state index in [-0.39, 0.29) is 18.4 Å². The Bertz CT molecular complexity index is 807. The van der Waals surface area contributed by atoms with Crippen molar-refractivity contribution in [1.82, 2.24) is 9.21 Å². The number of benzene rings is 2. The molecule has 0 radical (unpaired) electrons. The van der Waals surface area contributed by atoms with E-state index in [1.165, 1.54) is 0 Å². The van der Waals surface area contributed by atoms with Gasteiger partial charge >= 0.3 is 0 Å². The SMILES string of the molecule is CC(C)c1ccc(S(=O)(=O)N2CCN(C)CC2c2ccccc2)cc1.Cl. The molecule has 142 valence electrons. The Morgan fingerprint density at radius 3 is 2.15 bits per heavy atom. The molecule has 0 saturated carbocycles. The Labute approximate surface area is 163 Å². The molecule has 0 amide bonds. The predicted molar refractivity (Wildman–Crippen MR) is 108 cm³/mol. The van der Waals surface area contributed by atoms with Crippen LogP contribution in [0.2, 0.25) is 0 Å². The molecule has 0 spiro atoms. The first-order valence-electron chi connectivity index (χ1n) is 8.75. The summed E-state index contributed by atoms with van der Waals surface area (Å²) in [5, 5.41) is 0. The monoisotopic (exact) mass is 394 g/mol. The number of hydrogen-bond donors (Lipinski definition) is 0. The molecule has 2 aromatic rings. The van der Waals surface area contributed by atoms with Crippen LogP contribution in [0.15, 0.2) is 59.5 Å². The average molecular weight is 395 g/mol. The van der Waals surface area contributed by atoms with Crippen molar-refractivity contribution in [2.75, 3.05) is 26.7 Å². The largest absolute Gasteiger partial charge is 0.303 e. The van der Waals surface area contributed by atoms with Gasteiger partial charge in [-0.15, -0.1) is 12.4 Å². The summed E-state index contributed by atoms with van der Waals surface area (Å²) >= 11 is 0. The summed E-state index contributed by atoms with van der Waals surface area (Å²) in [6.07, 6.45) is 0. The summed E-state index contributed by atoms with van der Waals surface area (Å²) in [5.74, 6) is 0.387. The van der Waals surface area contributed by atoms with Crippen molar-refractivity contribution in [2.45, 2.75) is 30.7 Å². The molecule has 26 heavy (non-hydrogen) atoms. The van der Waals surface area contributed by atoms with Gasteiger partial charge in [0, 0.05) is 19.6 Å². The first kappa shape index (κ1) is 20.9. The van der Waals surface area contributed by atoms with Crippen LogP contribution in [0, 0.1) is 0 Å². The molecule has 0 N–H and O–H groups in total. The van der Waals surface area contributed by atoms with Gasteiger partial charge in [-0.1, -0.05) is 56.3 Å². The van der Waals surface area contributed by atoms with E-state index >= 15 is 0 Å². The minimum atomic E-state index is -3.52. The first-order valence-corrected chi connectivity index (χ1v) is 10.2. The molecular weight excluding hydrogens is 368 g/mol. The lowest BCUT2D eigenvalue weighted by atomic mass is 10.0. The van der Waals surface area contributed by atoms with E-state index in [0.717, 1.165) is 17.7 Å². The molecule has 1 aliphatic heterocycles. The topological polar surface area (TPSA) is 40.6 Å². The second-order valence-corrected chi connectivity index (χ2v) is 8.92. The number of nitrogens with zero attached hydrogens (tertiary/aromatic N) is 2. The first-order chi connectivity index (χ1) is 11.9. The van der Waals surface area contributed by atoms with Crippen LogP contribution >= 0.6 is 12.4 Å². The fraction of sp³-hybridized carbons (Fsp3) is 0.400. The second-order valence-electron chi connectivity index (χ2n) is 7.03. The summed E-state index contributed by atoms with van der Waals surface area (Å²) in [5.41, 5.74) is 2.19. The van der Waals surface area contributed by atoms with Crippen molar-refractivity contribution in [3.05, 3.63) is 65.7 Å². The van der Waals surface area contributed by atoms with Gasteiger partial charge in [-0.25, -0.2) is 8.42 Å². The van der Waals surface area contributed by atoms with Crippen molar-refractivity contribution in [3.63, 3.8) is 0 Å². The highest BCUT2D eigenvalue weighted by Gasteiger charge is 2.36. The molecule has 1 atom stereocenters. The zero-order valence-electron chi connectivity index (χ0n) is 15.5. The number of hydrogen-bond acceptors (Lipinski definition) is 3. The number of rotatable bonds is 4. The Hall–Kier alpha value is -1.40. The van der Waals surface area contributed by atoms with Crippen LogP contribution in [0.25, 0.3) is 0 Å². The molecule has 1 heterocycles. The van der Waals surface area contributed by atoms with Crippen LogP contribution in [0.4, 0.5) is 0 Å². The number of halogens is 1. The van der Waals surface area contributed by atoms with Gasteiger partial charge in [-0.2, -0.15) is 4.31 Å². The lowest BCUT2D eigenvalue weighted by molar-refractivity contribution is 0.160. The summed E-state index contributed by atoms with van der Waals surface area (Å²) in [4.78, 5) is 2.56. The van der Waals surface area contributed by atoms with Crippen molar-refractivity contribution in [1.29, 1.82) is 0 Å². The van der Waals surface area contributed by atoms with E-state index in [2.05, 4.69) is 18.7 Å². The van der Waals surface area contributed by atoms with Gasteiger partial charge in [0.25, 0.3) is 0 Å². The quantitative estimate of drug-likeness (QED) is 0.789. The summed E-state index contributed by atoms with van der Waals surface area (Å²) in [6, 6.07) is 17.1. The highest BCUT2D eigenvalue weighted by Crippen LogP contribution is 2.31. The maximum atomic E-state index is 13.3. The van der Waals surface area contributed by atoms with Crippen molar-refractivity contribution < 1.29 is 8.42 Å². The Kier molecular flexibility index (Phi) is 6.86. The third-order valence-corrected chi connectivity index (χ3v) is 6.79. The fourth-order valence-electron chi connectivity index (χ4n) is 3.30. The maximum absolute atomic E-state index is 13.3. The van der Waals surface area contributed by atoms with E-state index in [1.54, 1.807) is 16.4 Å². The zero-order valence-corrected chi connectivity index (χ0v) is 17.1. The lowest BCUT2D eigenvalue weighted by Gasteiger charge is -2.39. The second kappa shape index (κ2) is 8.53. The number of piperazine rings is 1. The molecule has 0 bridgehead atoms. The number of sulfonamides is 1. The molecule has 0 aromatic heterocycles. The van der Waals surface area contributed by atoms with Gasteiger partial charge in [-0.05, 0) is 36.2 Å². The van der Waals surface area contributed by atoms with Gasteiger partial charge in [0.2, 0.25) is 10.0 Å². The van der Waals surface area contributed by atoms with E-state index in [4.69, 9.17) is 0 Å². The molecule has 3 rings (SSSR count). The molecule has 2 aromatic carbocycles. The fourth-order valence-corrected chi connectivity index (χ4v) is 4.89. The molecule has 1 unspecified atom stereocenters. The molecule has 1 fully saturated rings. The smallest absolute Gasteiger partial charge is 0.243 e. The minimum Gasteiger partial charge on any atom is -0.303 e. The van der Waals surface area contributed by atoms with Gasteiger partial charge < -0.3 is 4.90 Å². The predicted octanol–water partition coefficient (Wildman–Crippen LogP) is 3.91. The van der Waals surface area contributed by atoms with Gasteiger partial charge in [0.05, 0.1) is 10.9 Å². The van der Waals surface area contributed by atoms with Gasteiger partial charge in [0.1, 0.15) is 0 Å². The molecular formula is C20H27ClN2O2S. The van der Waals surface area contributed by atoms with Crippen molar-refractivity contribution >= 4 is 22.4 Å². The number of likely N-dealkylation sites (N-methyl/N-ethyl adjacent to an activating group) is 1. The third kappa shape index (κ3) is 4.29. The highest BCUT2D eigenvalue weighted by molar-refractivity contribution is 7.89. The van der Waals surface area contributed by atoms with Crippen LogP contribution in [0.5, 0.6) is 0 Å². The summed E-state index contributed by atoms with van der Waals surface area (Å²) in [6.45, 7) is 6.16. The third-order valence-electron chi connectivity index (χ3n) is 4.87. The van der Waals surface area contributed by atoms with Crippen LogP contribution in [0.3, 0.4) is 0 Å². The van der Waals surface area contributed by atoms with Crippen LogP contribution in [-0.4, -0.2) is 44.3 Å². The zero-order chi connectivity index (χ0) is 18.0. The van der Waals surface area contributed by atoms with Gasteiger partial charge in [0.15, 0.2) is 0 Å². The molecule has 4 nitrogen and oxygen atoms in total. The normalized spacial score (nSPS) is 19.3. The maximum Gasteiger partial charge on any atom is 0.243 e. The minimum absolute atomic E-state index is 0. The Morgan fingerprint density at radius 1 is 0.962 bits per heavy atom. The van der Waals surface area contributed by atoms with Crippen molar-refractivity contribution in [2.24, 2.45) is 0 Å². The Balaban J connectivity index is 0.00000243. The summed E-state index contributed by atoms with van der Waals surface area (Å²) in [7, 11) is -1.48. The molecule has 1 saturated heterocycles. The average Bonchev–Trinajstić information content (AvgIpc) is 2.62. The lowest BCUT2D eigenvalue weighted by Crippen LogP contribution is -2.49. The van der Waals surface area contributed by atoms with Crippen LogP contribution < -0.4 is 0 Å². The molecule has 6 heteroatoms. The van der Waals surface area contributed by atoms with Crippen molar-refractivity contribution in [3.8, 4) is 0 Å². The van der Waals surface area contributed by atoms with E-state index in [0.29, 0.717) is 23.9 Å². The molecule has 1 aliphatic rings. The molecule has 0 aliphatic carbocycles. The van der Waals surface area contributed by atoms with Gasteiger partial charge in [-0.3, -0.25) is 0 Å². The van der Waals surface area contributed by atoms with Crippen LogP contribution in [-0.2, 0) is 10.0 Å². The van der Waals surface area contributed by atoms with Crippen LogP contribution in [0.1, 0.15) is 36.9 Å². The standard InChI is InChI=1S/C20H26N2O2S.ClH/c1-16(2)17-9-11-19(12-10-17)25(23,24)22-14-13-21(3)15-20(22)18-7-5-4-6-8-18;/h4-12,16,20H,13-15H2,1-3H3;1H. The highest BCUT2D eigenvalue weighted by atomic mass is 35.5.